The van der Waals surface area contributed by atoms with Gasteiger partial charge in [-0.1, -0.05) is 172 Å². The minimum absolute atomic E-state index is 0.977. The molecule has 0 rings (SSSR count). The van der Waals surface area contributed by atoms with Crippen molar-refractivity contribution in [3.05, 3.63) is 36.5 Å². The molecule has 45 heavy (non-hydrogen) atoms. The highest BCUT2D eigenvalue weighted by atomic mass is 15.0. The molecule has 0 N–H and O–H groups in total. The molecule has 2 heteroatoms. The van der Waals surface area contributed by atoms with Crippen LogP contribution in [0.2, 0.25) is 0 Å². The molecule has 1 unspecified atom stereocenters. The third-order valence-electron chi connectivity index (χ3n) is 9.19. The summed E-state index contributed by atoms with van der Waals surface area (Å²) < 4.78 is 0. The van der Waals surface area contributed by atoms with Gasteiger partial charge in [-0.3, -0.25) is 4.99 Å². The third-order valence-corrected chi connectivity index (χ3v) is 9.19. The standard InChI is InChI=1S/C43H82N2/c1-5-7-9-11-13-14-15-16-17-18-19-20-21-22-26-31-37-43(39-33-30-36-42-45(3)4)38-32-27-23-25-29-35-41-44-40-34-28-24-12-10-8-6-2/h13-14,16-17,24,28,40,43H,5-12,15,18-23,25-27,29-39,41-42H2,1-4H3/b14-13-,17-16-,28-24-,44-40-. The first-order valence-electron chi connectivity index (χ1n) is 20.3. The molecular weight excluding hydrogens is 544 g/mol. The molecule has 0 bridgehead atoms. The minimum atomic E-state index is 0.977. The van der Waals surface area contributed by atoms with Crippen LogP contribution < -0.4 is 0 Å². The fourth-order valence-electron chi connectivity index (χ4n) is 6.19. The van der Waals surface area contributed by atoms with Crippen molar-refractivity contribution < 1.29 is 0 Å². The van der Waals surface area contributed by atoms with E-state index in [0.29, 0.717) is 0 Å². The molecule has 0 aromatic carbocycles. The average Bonchev–Trinajstić information content (AvgIpc) is 3.03. The van der Waals surface area contributed by atoms with Gasteiger partial charge in [0.25, 0.3) is 0 Å². The lowest BCUT2D eigenvalue weighted by Crippen LogP contribution is -2.12. The normalized spacial score (nSPS) is 13.2. The number of hydrogen-bond donors (Lipinski definition) is 0. The van der Waals surface area contributed by atoms with Gasteiger partial charge in [0.2, 0.25) is 0 Å². The summed E-state index contributed by atoms with van der Waals surface area (Å²) in [6, 6.07) is 0. The molecular formula is C43H82N2. The fourth-order valence-corrected chi connectivity index (χ4v) is 6.19. The molecule has 0 aromatic rings. The summed E-state index contributed by atoms with van der Waals surface area (Å²) in [5, 5.41) is 0. The molecule has 0 aliphatic heterocycles. The average molecular weight is 627 g/mol. The maximum absolute atomic E-state index is 4.61. The van der Waals surface area contributed by atoms with Crippen LogP contribution in [0.3, 0.4) is 0 Å². The summed E-state index contributed by atoms with van der Waals surface area (Å²) in [7, 11) is 4.41. The lowest BCUT2D eigenvalue weighted by atomic mass is 9.89. The van der Waals surface area contributed by atoms with E-state index in [0.717, 1.165) is 25.3 Å². The maximum Gasteiger partial charge on any atom is 0.0385 e. The van der Waals surface area contributed by atoms with E-state index < -0.39 is 0 Å². The summed E-state index contributed by atoms with van der Waals surface area (Å²) in [5.41, 5.74) is 0. The first kappa shape index (κ1) is 43.9. The molecule has 0 radical (unpaired) electrons. The lowest BCUT2D eigenvalue weighted by Gasteiger charge is -2.17. The topological polar surface area (TPSA) is 15.6 Å². The van der Waals surface area contributed by atoms with Crippen molar-refractivity contribution >= 4 is 6.21 Å². The van der Waals surface area contributed by atoms with Crippen LogP contribution in [0.1, 0.15) is 200 Å². The van der Waals surface area contributed by atoms with Crippen molar-refractivity contribution in [2.45, 2.75) is 200 Å². The van der Waals surface area contributed by atoms with E-state index in [4.69, 9.17) is 0 Å². The molecule has 0 amide bonds. The van der Waals surface area contributed by atoms with Crippen LogP contribution in [0.5, 0.6) is 0 Å². The van der Waals surface area contributed by atoms with Gasteiger partial charge in [0, 0.05) is 19.2 Å². The highest BCUT2D eigenvalue weighted by Crippen LogP contribution is 2.24. The predicted molar refractivity (Wildman–Crippen MR) is 208 cm³/mol. The predicted octanol–water partition coefficient (Wildman–Crippen LogP) is 14.3. The molecule has 0 spiro atoms. The second-order valence-electron chi connectivity index (χ2n) is 14.1. The van der Waals surface area contributed by atoms with Gasteiger partial charge in [-0.2, -0.15) is 0 Å². The number of allylic oxidation sites excluding steroid dienone is 6. The Morgan fingerprint density at radius 3 is 1.38 bits per heavy atom. The molecule has 0 saturated heterocycles. The van der Waals surface area contributed by atoms with Crippen LogP contribution in [0.15, 0.2) is 41.4 Å². The van der Waals surface area contributed by atoms with Crippen molar-refractivity contribution in [3.8, 4) is 0 Å². The van der Waals surface area contributed by atoms with Crippen LogP contribution in [0, 0.1) is 5.92 Å². The van der Waals surface area contributed by atoms with Gasteiger partial charge in [0.05, 0.1) is 0 Å². The van der Waals surface area contributed by atoms with Gasteiger partial charge in [-0.05, 0) is 84.3 Å². The van der Waals surface area contributed by atoms with Crippen LogP contribution in [0.25, 0.3) is 0 Å². The monoisotopic (exact) mass is 627 g/mol. The minimum Gasteiger partial charge on any atom is -0.309 e. The molecule has 0 fully saturated rings. The highest BCUT2D eigenvalue weighted by molar-refractivity contribution is 5.59. The summed E-state index contributed by atoms with van der Waals surface area (Å²) in [6.45, 7) is 6.81. The van der Waals surface area contributed by atoms with Crippen molar-refractivity contribution in [2.75, 3.05) is 27.2 Å². The zero-order valence-electron chi connectivity index (χ0n) is 31.4. The summed E-state index contributed by atoms with van der Waals surface area (Å²) >= 11 is 0. The maximum atomic E-state index is 4.61. The van der Waals surface area contributed by atoms with E-state index >= 15 is 0 Å². The van der Waals surface area contributed by atoms with Crippen molar-refractivity contribution in [3.63, 3.8) is 0 Å². The van der Waals surface area contributed by atoms with Crippen LogP contribution in [-0.2, 0) is 0 Å². The summed E-state index contributed by atoms with van der Waals surface area (Å²) in [5.74, 6) is 0.977. The Morgan fingerprint density at radius 2 is 0.867 bits per heavy atom. The number of aliphatic imine (C=N–C) groups is 1. The third kappa shape index (κ3) is 38.9. The Balaban J connectivity index is 3.88. The molecule has 0 aromatic heterocycles. The Labute approximate surface area is 285 Å². The van der Waals surface area contributed by atoms with Crippen LogP contribution >= 0.6 is 0 Å². The van der Waals surface area contributed by atoms with Crippen molar-refractivity contribution in [1.82, 2.24) is 4.90 Å². The number of nitrogens with zero attached hydrogens (tertiary/aromatic N) is 2. The zero-order chi connectivity index (χ0) is 32.7. The largest absolute Gasteiger partial charge is 0.309 e. The van der Waals surface area contributed by atoms with E-state index in [-0.39, 0.29) is 0 Å². The number of rotatable bonds is 36. The SMILES string of the molecule is CCCCC/C=C\C/C=C\CCCCCCCCC(CCCCCCCC/N=C\C/C=C\CCCCC)CCCCCN(C)C. The second kappa shape index (κ2) is 39.0. The zero-order valence-corrected chi connectivity index (χ0v) is 31.4. The van der Waals surface area contributed by atoms with Crippen LogP contribution in [0.4, 0.5) is 0 Å². The van der Waals surface area contributed by atoms with Gasteiger partial charge in [0.1, 0.15) is 0 Å². The first-order chi connectivity index (χ1) is 22.2. The Bertz CT molecular complexity index is 611. The van der Waals surface area contributed by atoms with Gasteiger partial charge >= 0.3 is 0 Å². The molecule has 0 heterocycles. The van der Waals surface area contributed by atoms with Gasteiger partial charge in [0.15, 0.2) is 0 Å². The molecule has 0 aliphatic rings. The number of hydrogen-bond acceptors (Lipinski definition) is 2. The number of unbranched alkanes of at least 4 members (excludes halogenated alkanes) is 19. The van der Waals surface area contributed by atoms with Gasteiger partial charge in [-0.15, -0.1) is 0 Å². The smallest absolute Gasteiger partial charge is 0.0385 e. The van der Waals surface area contributed by atoms with Crippen molar-refractivity contribution in [1.29, 1.82) is 0 Å². The highest BCUT2D eigenvalue weighted by Gasteiger charge is 2.09. The molecule has 1 atom stereocenters. The van der Waals surface area contributed by atoms with E-state index in [2.05, 4.69) is 80.5 Å². The Morgan fingerprint density at radius 1 is 0.444 bits per heavy atom. The van der Waals surface area contributed by atoms with E-state index in [1.165, 1.54) is 180 Å². The summed E-state index contributed by atoms with van der Waals surface area (Å²) in [4.78, 5) is 6.95. The Kier molecular flexibility index (Phi) is 38.0. The first-order valence-corrected chi connectivity index (χ1v) is 20.3. The lowest BCUT2D eigenvalue weighted by molar-refractivity contribution is 0.352. The fraction of sp³-hybridized carbons (Fsp3) is 0.837. The van der Waals surface area contributed by atoms with E-state index in [9.17, 15) is 0 Å². The molecule has 0 saturated carbocycles. The van der Waals surface area contributed by atoms with Gasteiger partial charge < -0.3 is 4.90 Å². The van der Waals surface area contributed by atoms with E-state index in [1.54, 1.807) is 0 Å². The summed E-state index contributed by atoms with van der Waals surface area (Å²) in [6.07, 6.45) is 55.7. The van der Waals surface area contributed by atoms with Crippen molar-refractivity contribution in [2.24, 2.45) is 10.9 Å². The molecule has 2 nitrogen and oxygen atoms in total. The second-order valence-corrected chi connectivity index (χ2v) is 14.1. The van der Waals surface area contributed by atoms with Crippen LogP contribution in [-0.4, -0.2) is 38.3 Å². The Hall–Kier alpha value is -1.15. The van der Waals surface area contributed by atoms with E-state index in [1.807, 2.05) is 0 Å². The quantitative estimate of drug-likeness (QED) is 0.0384. The molecule has 0 aliphatic carbocycles. The molecule has 264 valence electrons. The van der Waals surface area contributed by atoms with Gasteiger partial charge in [-0.25, -0.2) is 0 Å².